The molecule has 0 saturated carbocycles. The third-order valence-electron chi connectivity index (χ3n) is 3.47. The van der Waals surface area contributed by atoms with Crippen molar-refractivity contribution in [1.29, 1.82) is 5.26 Å². The Morgan fingerprint density at radius 3 is 2.71 bits per heavy atom. The van der Waals surface area contributed by atoms with E-state index in [-0.39, 0.29) is 5.97 Å². The van der Waals surface area contributed by atoms with E-state index < -0.39 is 0 Å². The van der Waals surface area contributed by atoms with Crippen molar-refractivity contribution in [3.05, 3.63) is 17.5 Å². The lowest BCUT2D eigenvalue weighted by molar-refractivity contribution is -0.141. The van der Waals surface area contributed by atoms with E-state index in [0.717, 1.165) is 31.9 Å². The second-order valence-electron chi connectivity index (χ2n) is 4.96. The Bertz CT molecular complexity index is 547. The summed E-state index contributed by atoms with van der Waals surface area (Å²) in [4.78, 5) is 24.1. The minimum atomic E-state index is -0.182. The molecular formula is C14H19N5O2. The van der Waals surface area contributed by atoms with Crippen LogP contribution >= 0.6 is 0 Å². The number of carbonyl (C=O) groups is 1. The lowest BCUT2D eigenvalue weighted by Crippen LogP contribution is -2.47. The zero-order valence-electron chi connectivity index (χ0n) is 12.4. The van der Waals surface area contributed by atoms with E-state index in [1.165, 1.54) is 7.11 Å². The van der Waals surface area contributed by atoms with Gasteiger partial charge >= 0.3 is 5.97 Å². The van der Waals surface area contributed by atoms with Crippen LogP contribution in [0.4, 0.5) is 5.95 Å². The van der Waals surface area contributed by atoms with Crippen LogP contribution in [-0.4, -0.2) is 60.7 Å². The first-order valence-electron chi connectivity index (χ1n) is 6.92. The van der Waals surface area contributed by atoms with Crippen LogP contribution in [0, 0.1) is 18.3 Å². The van der Waals surface area contributed by atoms with Crippen LogP contribution in [0.2, 0.25) is 0 Å². The minimum Gasteiger partial charge on any atom is -0.469 e. The summed E-state index contributed by atoms with van der Waals surface area (Å²) in [6.45, 7) is 5.83. The number of rotatable bonds is 4. The summed E-state index contributed by atoms with van der Waals surface area (Å²) in [6.07, 6.45) is 0.413. The van der Waals surface area contributed by atoms with Crippen molar-refractivity contribution in [2.75, 3.05) is 44.7 Å². The van der Waals surface area contributed by atoms with Gasteiger partial charge in [0, 0.05) is 38.4 Å². The molecule has 0 spiro atoms. The number of nitriles is 1. The molecule has 112 valence electrons. The van der Waals surface area contributed by atoms with Gasteiger partial charge in [0.2, 0.25) is 5.95 Å². The highest BCUT2D eigenvalue weighted by Crippen LogP contribution is 2.13. The van der Waals surface area contributed by atoms with Crippen molar-refractivity contribution >= 4 is 11.9 Å². The zero-order valence-corrected chi connectivity index (χ0v) is 12.4. The van der Waals surface area contributed by atoms with Crippen LogP contribution in [0.1, 0.15) is 17.8 Å². The van der Waals surface area contributed by atoms with Crippen LogP contribution in [0.5, 0.6) is 0 Å². The monoisotopic (exact) mass is 289 g/mol. The van der Waals surface area contributed by atoms with Gasteiger partial charge in [-0.2, -0.15) is 5.26 Å². The number of aryl methyl sites for hydroxylation is 1. The molecule has 2 heterocycles. The second-order valence-corrected chi connectivity index (χ2v) is 4.96. The maximum Gasteiger partial charge on any atom is 0.306 e. The van der Waals surface area contributed by atoms with Gasteiger partial charge < -0.3 is 9.64 Å². The smallest absolute Gasteiger partial charge is 0.306 e. The largest absolute Gasteiger partial charge is 0.469 e. The number of anilines is 1. The molecule has 1 aromatic heterocycles. The van der Waals surface area contributed by atoms with Gasteiger partial charge in [-0.3, -0.25) is 9.69 Å². The SMILES string of the molecule is COC(=O)CCN1CCN(c2nc(C)cc(C#N)n2)CC1. The molecular weight excluding hydrogens is 270 g/mol. The summed E-state index contributed by atoms with van der Waals surface area (Å²) in [7, 11) is 1.40. The lowest BCUT2D eigenvalue weighted by atomic mass is 10.3. The minimum absolute atomic E-state index is 0.182. The van der Waals surface area contributed by atoms with Gasteiger partial charge in [0.05, 0.1) is 13.5 Å². The average molecular weight is 289 g/mol. The number of esters is 1. The fraction of sp³-hybridized carbons (Fsp3) is 0.571. The molecule has 0 N–H and O–H groups in total. The van der Waals surface area contributed by atoms with Crippen molar-refractivity contribution in [3.8, 4) is 6.07 Å². The lowest BCUT2D eigenvalue weighted by Gasteiger charge is -2.34. The Morgan fingerprint density at radius 1 is 1.38 bits per heavy atom. The Morgan fingerprint density at radius 2 is 2.10 bits per heavy atom. The van der Waals surface area contributed by atoms with Crippen molar-refractivity contribution in [3.63, 3.8) is 0 Å². The Kier molecular flexibility index (Phi) is 5.06. The third-order valence-corrected chi connectivity index (χ3v) is 3.47. The maximum absolute atomic E-state index is 11.1. The number of aromatic nitrogens is 2. The maximum atomic E-state index is 11.1. The zero-order chi connectivity index (χ0) is 15.2. The van der Waals surface area contributed by atoms with E-state index in [0.29, 0.717) is 24.6 Å². The average Bonchev–Trinajstić information content (AvgIpc) is 2.52. The third kappa shape index (κ3) is 4.13. The number of ether oxygens (including phenoxy) is 1. The highest BCUT2D eigenvalue weighted by atomic mass is 16.5. The number of hydrogen-bond donors (Lipinski definition) is 0. The van der Waals surface area contributed by atoms with Crippen molar-refractivity contribution in [2.45, 2.75) is 13.3 Å². The summed E-state index contributed by atoms with van der Waals surface area (Å²) >= 11 is 0. The van der Waals surface area contributed by atoms with Gasteiger partial charge in [0.1, 0.15) is 11.8 Å². The van der Waals surface area contributed by atoms with Crippen LogP contribution < -0.4 is 4.90 Å². The van der Waals surface area contributed by atoms with E-state index >= 15 is 0 Å². The number of piperazine rings is 1. The van der Waals surface area contributed by atoms with E-state index in [9.17, 15) is 4.79 Å². The van der Waals surface area contributed by atoms with E-state index in [1.807, 2.05) is 6.92 Å². The molecule has 7 heteroatoms. The fourth-order valence-electron chi connectivity index (χ4n) is 2.27. The molecule has 1 aliphatic heterocycles. The van der Waals surface area contributed by atoms with Gasteiger partial charge in [0.15, 0.2) is 0 Å². The summed E-state index contributed by atoms with van der Waals surface area (Å²) in [5.41, 5.74) is 1.19. The normalized spacial score (nSPS) is 15.6. The topological polar surface area (TPSA) is 82.4 Å². The van der Waals surface area contributed by atoms with Crippen LogP contribution in [0.3, 0.4) is 0 Å². The standard InChI is InChI=1S/C14H19N5O2/c1-11-9-12(10-15)17-14(16-11)19-7-5-18(6-8-19)4-3-13(20)21-2/h9H,3-8H2,1-2H3. The molecule has 1 aromatic rings. The van der Waals surface area contributed by atoms with Crippen molar-refractivity contribution < 1.29 is 9.53 Å². The first-order chi connectivity index (χ1) is 10.1. The van der Waals surface area contributed by atoms with Crippen molar-refractivity contribution in [2.24, 2.45) is 0 Å². The second kappa shape index (κ2) is 6.99. The molecule has 0 unspecified atom stereocenters. The summed E-state index contributed by atoms with van der Waals surface area (Å²) in [5.74, 6) is 0.428. The van der Waals surface area contributed by atoms with Gasteiger partial charge in [-0.1, -0.05) is 0 Å². The first kappa shape index (κ1) is 15.2. The Labute approximate surface area is 124 Å². The summed E-state index contributed by atoms with van der Waals surface area (Å²) in [5, 5.41) is 8.96. The molecule has 1 aliphatic rings. The number of hydrogen-bond acceptors (Lipinski definition) is 7. The molecule has 1 fully saturated rings. The Balaban J connectivity index is 1.91. The number of methoxy groups -OCH3 is 1. The molecule has 1 saturated heterocycles. The fourth-order valence-corrected chi connectivity index (χ4v) is 2.27. The quantitative estimate of drug-likeness (QED) is 0.739. The van der Waals surface area contributed by atoms with Crippen LogP contribution in [0.15, 0.2) is 6.07 Å². The molecule has 21 heavy (non-hydrogen) atoms. The van der Waals surface area contributed by atoms with Crippen LogP contribution in [0.25, 0.3) is 0 Å². The number of nitrogens with zero attached hydrogens (tertiary/aromatic N) is 5. The molecule has 0 bridgehead atoms. The molecule has 0 amide bonds. The van der Waals surface area contributed by atoms with Gasteiger partial charge in [-0.15, -0.1) is 0 Å². The highest BCUT2D eigenvalue weighted by Gasteiger charge is 2.20. The van der Waals surface area contributed by atoms with Crippen molar-refractivity contribution in [1.82, 2.24) is 14.9 Å². The van der Waals surface area contributed by atoms with E-state index in [2.05, 4.69) is 30.6 Å². The van der Waals surface area contributed by atoms with Gasteiger partial charge in [-0.05, 0) is 13.0 Å². The summed E-state index contributed by atoms with van der Waals surface area (Å²) < 4.78 is 4.64. The van der Waals surface area contributed by atoms with E-state index in [1.54, 1.807) is 6.07 Å². The predicted octanol–water partition coefficient (Wildman–Crippen LogP) is 0.342. The first-order valence-corrected chi connectivity index (χ1v) is 6.92. The molecule has 0 aliphatic carbocycles. The molecule has 0 atom stereocenters. The molecule has 2 rings (SSSR count). The Hall–Kier alpha value is -2.20. The van der Waals surface area contributed by atoms with E-state index in [4.69, 9.17) is 5.26 Å². The molecule has 0 radical (unpaired) electrons. The van der Waals surface area contributed by atoms with Crippen LogP contribution in [-0.2, 0) is 9.53 Å². The molecule has 7 nitrogen and oxygen atoms in total. The van der Waals surface area contributed by atoms with Gasteiger partial charge in [0.25, 0.3) is 0 Å². The molecule has 0 aromatic carbocycles. The predicted molar refractivity (Wildman–Crippen MR) is 76.8 cm³/mol. The highest BCUT2D eigenvalue weighted by molar-refractivity contribution is 5.69. The van der Waals surface area contributed by atoms with Gasteiger partial charge in [-0.25, -0.2) is 9.97 Å². The summed E-state index contributed by atoms with van der Waals surface area (Å²) in [6, 6.07) is 3.73. The number of carbonyl (C=O) groups excluding carboxylic acids is 1.